The molecule has 0 aliphatic heterocycles. The fourth-order valence-corrected chi connectivity index (χ4v) is 4.05. The van der Waals surface area contributed by atoms with Crippen LogP contribution in [0.2, 0.25) is 6.04 Å². The van der Waals surface area contributed by atoms with Gasteiger partial charge in [0.05, 0.1) is 0 Å². The summed E-state index contributed by atoms with van der Waals surface area (Å²) in [6.07, 6.45) is 2.27. The highest BCUT2D eigenvalue weighted by atomic mass is 28.4. The van der Waals surface area contributed by atoms with Gasteiger partial charge in [-0.15, -0.1) is 0 Å². The first-order valence-corrected chi connectivity index (χ1v) is 8.26. The molecule has 0 amide bonds. The molecule has 0 aromatic carbocycles. The quantitative estimate of drug-likeness (QED) is 0.490. The van der Waals surface area contributed by atoms with Gasteiger partial charge >= 0.3 is 14.8 Å². The van der Waals surface area contributed by atoms with Crippen LogP contribution in [0.3, 0.4) is 0 Å². The van der Waals surface area contributed by atoms with Gasteiger partial charge in [-0.1, -0.05) is 6.08 Å². The fourth-order valence-electron chi connectivity index (χ4n) is 1.55. The van der Waals surface area contributed by atoms with Gasteiger partial charge in [0.25, 0.3) is 0 Å². The summed E-state index contributed by atoms with van der Waals surface area (Å²) in [5.74, 6) is -0.897. The molecule has 0 atom stereocenters. The third-order valence-electron chi connectivity index (χ3n) is 2.33. The van der Waals surface area contributed by atoms with E-state index < -0.39 is 14.8 Å². The molecule has 6 heteroatoms. The summed E-state index contributed by atoms with van der Waals surface area (Å²) in [5, 5.41) is 8.77. The lowest BCUT2D eigenvalue weighted by Crippen LogP contribution is -2.45. The summed E-state index contributed by atoms with van der Waals surface area (Å²) in [5.41, 5.74) is 0.336. The predicted molar refractivity (Wildman–Crippen MR) is 71.4 cm³/mol. The molecule has 18 heavy (non-hydrogen) atoms. The lowest BCUT2D eigenvalue weighted by molar-refractivity contribution is -0.132. The minimum atomic E-state index is -2.63. The van der Waals surface area contributed by atoms with Crippen LogP contribution in [0.4, 0.5) is 0 Å². The van der Waals surface area contributed by atoms with Crippen molar-refractivity contribution >= 4 is 14.8 Å². The summed E-state index contributed by atoms with van der Waals surface area (Å²) in [7, 11) is -2.63. The van der Waals surface area contributed by atoms with Crippen molar-refractivity contribution in [2.45, 2.75) is 40.2 Å². The Morgan fingerprint density at radius 1 is 1.11 bits per heavy atom. The van der Waals surface area contributed by atoms with Crippen LogP contribution in [0.15, 0.2) is 11.6 Å². The van der Waals surface area contributed by atoms with Crippen molar-refractivity contribution in [2.75, 3.05) is 19.8 Å². The van der Waals surface area contributed by atoms with E-state index in [4.69, 9.17) is 18.4 Å². The monoisotopic (exact) mass is 276 g/mol. The first-order chi connectivity index (χ1) is 8.51. The summed E-state index contributed by atoms with van der Waals surface area (Å²) >= 11 is 0. The Bertz CT molecular complexity index is 261. The second kappa shape index (κ2) is 9.27. The van der Waals surface area contributed by atoms with Gasteiger partial charge < -0.3 is 18.4 Å². The topological polar surface area (TPSA) is 65.0 Å². The molecule has 5 nitrogen and oxygen atoms in total. The zero-order valence-corrected chi connectivity index (χ0v) is 12.7. The molecular formula is C12H24O5Si. The van der Waals surface area contributed by atoms with Crippen molar-refractivity contribution in [3.8, 4) is 0 Å². The first kappa shape index (κ1) is 17.3. The molecule has 0 rings (SSSR count). The average molecular weight is 276 g/mol. The Morgan fingerprint density at radius 3 is 1.89 bits per heavy atom. The predicted octanol–water partition coefficient (Wildman–Crippen LogP) is 2.46. The van der Waals surface area contributed by atoms with Gasteiger partial charge in [-0.05, 0) is 34.1 Å². The van der Waals surface area contributed by atoms with Gasteiger partial charge in [0, 0.05) is 31.4 Å². The maximum absolute atomic E-state index is 10.7. The molecule has 0 saturated heterocycles. The van der Waals surface area contributed by atoms with Crippen molar-refractivity contribution in [1.29, 1.82) is 0 Å². The lowest BCUT2D eigenvalue weighted by atomic mass is 10.2. The number of carbonyl (C=O) groups is 1. The van der Waals surface area contributed by atoms with E-state index in [0.29, 0.717) is 37.9 Å². The minimum Gasteiger partial charge on any atom is -0.478 e. The number of hydrogen-bond donors (Lipinski definition) is 1. The Hall–Kier alpha value is -0.693. The zero-order chi connectivity index (χ0) is 14.0. The van der Waals surface area contributed by atoms with Crippen molar-refractivity contribution in [3.05, 3.63) is 11.6 Å². The van der Waals surface area contributed by atoms with Crippen molar-refractivity contribution in [2.24, 2.45) is 0 Å². The molecule has 106 valence electrons. The second-order valence-electron chi connectivity index (χ2n) is 3.71. The van der Waals surface area contributed by atoms with E-state index in [1.165, 1.54) is 0 Å². The number of aliphatic carboxylic acids is 1. The third-order valence-corrected chi connectivity index (χ3v) is 5.42. The number of carboxylic acids is 1. The van der Waals surface area contributed by atoms with Crippen LogP contribution in [-0.2, 0) is 18.1 Å². The molecule has 0 aromatic rings. The number of rotatable bonds is 10. The molecule has 0 heterocycles. The van der Waals surface area contributed by atoms with Gasteiger partial charge in [-0.3, -0.25) is 0 Å². The van der Waals surface area contributed by atoms with Gasteiger partial charge in [-0.2, -0.15) is 0 Å². The highest BCUT2D eigenvalue weighted by Crippen LogP contribution is 2.19. The summed E-state index contributed by atoms with van der Waals surface area (Å²) in [4.78, 5) is 10.7. The summed E-state index contributed by atoms with van der Waals surface area (Å²) < 4.78 is 17.0. The van der Waals surface area contributed by atoms with Gasteiger partial charge in [-0.25, -0.2) is 4.79 Å². The number of hydrogen-bond acceptors (Lipinski definition) is 4. The highest BCUT2D eigenvalue weighted by molar-refractivity contribution is 6.60. The van der Waals surface area contributed by atoms with Crippen molar-refractivity contribution in [3.63, 3.8) is 0 Å². The normalized spacial score (nSPS) is 12.8. The van der Waals surface area contributed by atoms with Gasteiger partial charge in [0.1, 0.15) is 0 Å². The van der Waals surface area contributed by atoms with E-state index in [-0.39, 0.29) is 0 Å². The smallest absolute Gasteiger partial charge is 0.478 e. The molecule has 1 N–H and O–H groups in total. The molecule has 0 aliphatic rings. The Morgan fingerprint density at radius 2 is 1.56 bits per heavy atom. The Balaban J connectivity index is 4.56. The summed E-state index contributed by atoms with van der Waals surface area (Å²) in [6.45, 7) is 8.89. The first-order valence-electron chi connectivity index (χ1n) is 6.33. The highest BCUT2D eigenvalue weighted by Gasteiger charge is 2.39. The second-order valence-corrected chi connectivity index (χ2v) is 6.45. The van der Waals surface area contributed by atoms with E-state index in [9.17, 15) is 4.79 Å². The van der Waals surface area contributed by atoms with E-state index in [0.717, 1.165) is 0 Å². The van der Waals surface area contributed by atoms with Crippen LogP contribution in [0.25, 0.3) is 0 Å². The standard InChI is InChI=1S/C12H24O5Si/c1-5-15-18(16-6-2,17-7-3)10-8-9-11(4)12(13)14/h9H,5-8,10H2,1-4H3,(H,13,14). The molecule has 0 radical (unpaired) electrons. The van der Waals surface area contributed by atoms with E-state index >= 15 is 0 Å². The van der Waals surface area contributed by atoms with Gasteiger partial charge in [0.2, 0.25) is 0 Å². The molecule has 0 unspecified atom stereocenters. The molecular weight excluding hydrogens is 252 g/mol. The van der Waals surface area contributed by atoms with Crippen LogP contribution in [0, 0.1) is 0 Å². The molecule has 0 bridgehead atoms. The van der Waals surface area contributed by atoms with Crippen LogP contribution < -0.4 is 0 Å². The molecule has 0 saturated carbocycles. The van der Waals surface area contributed by atoms with E-state index in [1.807, 2.05) is 20.8 Å². The maximum Gasteiger partial charge on any atom is 0.501 e. The van der Waals surface area contributed by atoms with E-state index in [1.54, 1.807) is 13.0 Å². The third kappa shape index (κ3) is 6.30. The van der Waals surface area contributed by atoms with Gasteiger partial charge in [0.15, 0.2) is 0 Å². The van der Waals surface area contributed by atoms with E-state index in [2.05, 4.69) is 0 Å². The molecule has 0 spiro atoms. The average Bonchev–Trinajstić information content (AvgIpc) is 2.29. The van der Waals surface area contributed by atoms with Crippen LogP contribution >= 0.6 is 0 Å². The number of allylic oxidation sites excluding steroid dienone is 1. The molecule has 0 aliphatic carbocycles. The lowest BCUT2D eigenvalue weighted by Gasteiger charge is -2.28. The van der Waals surface area contributed by atoms with Crippen molar-refractivity contribution < 1.29 is 23.2 Å². The zero-order valence-electron chi connectivity index (χ0n) is 11.7. The Kier molecular flexibility index (Phi) is 8.91. The minimum absolute atomic E-state index is 0.336. The fraction of sp³-hybridized carbons (Fsp3) is 0.750. The summed E-state index contributed by atoms with van der Waals surface area (Å²) in [6, 6.07) is 0.604. The van der Waals surface area contributed by atoms with Crippen molar-refractivity contribution in [1.82, 2.24) is 0 Å². The maximum atomic E-state index is 10.7. The van der Waals surface area contributed by atoms with Crippen LogP contribution in [0.5, 0.6) is 0 Å². The van der Waals surface area contributed by atoms with Crippen LogP contribution in [-0.4, -0.2) is 39.7 Å². The Labute approximate surface area is 110 Å². The van der Waals surface area contributed by atoms with Crippen LogP contribution in [0.1, 0.15) is 34.1 Å². The molecule has 0 aromatic heterocycles. The SMILES string of the molecule is CCO[Si](CCC=C(C)C(=O)O)(OCC)OCC. The largest absolute Gasteiger partial charge is 0.501 e. The number of carboxylic acid groups (broad SMARTS) is 1. The molecule has 0 fully saturated rings.